The molecular weight excluding hydrogens is 250 g/mol. The molecule has 1 N–H and O–H groups in total. The van der Waals surface area contributed by atoms with Crippen molar-refractivity contribution in [1.82, 2.24) is 10.2 Å². The van der Waals surface area contributed by atoms with Gasteiger partial charge in [0.05, 0.1) is 12.6 Å². The van der Waals surface area contributed by atoms with Crippen LogP contribution in [0.1, 0.15) is 32.6 Å². The first kappa shape index (κ1) is 16.1. The van der Waals surface area contributed by atoms with Crippen molar-refractivity contribution < 1.29 is 14.3 Å². The van der Waals surface area contributed by atoms with Gasteiger partial charge in [0.15, 0.2) is 0 Å². The monoisotopic (exact) mass is 273 g/mol. The van der Waals surface area contributed by atoms with Gasteiger partial charge in [-0.3, -0.25) is 4.67 Å². The molecule has 0 amide bonds. The van der Waals surface area contributed by atoms with E-state index in [4.69, 9.17) is 9.49 Å². The molecule has 1 saturated heterocycles. The van der Waals surface area contributed by atoms with Crippen LogP contribution in [0.15, 0.2) is 0 Å². The Labute approximate surface area is 112 Å². The smallest absolute Gasteiger partial charge is 0.378 e. The second-order valence-corrected chi connectivity index (χ2v) is 5.23. The summed E-state index contributed by atoms with van der Waals surface area (Å²) in [6.07, 6.45) is 3.95. The first-order chi connectivity index (χ1) is 8.69. The van der Waals surface area contributed by atoms with Crippen LogP contribution in [0.3, 0.4) is 0 Å². The Morgan fingerprint density at radius 2 is 2.33 bits per heavy atom. The number of carbonyl (C=O) groups is 1. The van der Waals surface area contributed by atoms with E-state index in [0.717, 1.165) is 38.8 Å². The molecule has 1 unspecified atom stereocenters. The second kappa shape index (κ2) is 9.00. The lowest BCUT2D eigenvalue weighted by atomic mass is 9.83. The number of nitrogens with zero attached hydrogens (tertiary/aromatic N) is 1. The minimum atomic E-state index is -0.0939. The third-order valence-corrected chi connectivity index (χ3v) is 3.60. The molecule has 1 fully saturated rings. The highest BCUT2D eigenvalue weighted by atomic mass is 31.0. The van der Waals surface area contributed by atoms with Gasteiger partial charge in [-0.05, 0) is 19.3 Å². The third-order valence-electron chi connectivity index (χ3n) is 3.03. The van der Waals surface area contributed by atoms with Crippen molar-refractivity contribution in [3.63, 3.8) is 0 Å². The first-order valence-corrected chi connectivity index (χ1v) is 6.99. The largest absolute Gasteiger partial charge is 0.434 e. The number of unbranched alkanes of at least 4 members (excludes halogenated alkanes) is 1. The zero-order valence-corrected chi connectivity index (χ0v) is 12.4. The maximum atomic E-state index is 11.7. The molecule has 0 aliphatic carbocycles. The normalized spacial score (nSPS) is 25.1. The van der Waals surface area contributed by atoms with Gasteiger partial charge in [-0.25, -0.2) is 0 Å². The second-order valence-electron chi connectivity index (χ2n) is 4.56. The molecule has 7 heteroatoms. The maximum absolute atomic E-state index is 11.7. The quantitative estimate of drug-likeness (QED) is 0.306. The first-order valence-electron chi connectivity index (χ1n) is 6.47. The van der Waals surface area contributed by atoms with Crippen molar-refractivity contribution in [2.24, 2.45) is 0 Å². The fraction of sp³-hybridized carbons (Fsp3) is 0.909. The van der Waals surface area contributed by atoms with Crippen LogP contribution in [0.5, 0.6) is 0 Å². The summed E-state index contributed by atoms with van der Waals surface area (Å²) in [4.78, 5) is 17.1. The predicted octanol–water partition coefficient (Wildman–Crippen LogP) is 0.723. The van der Waals surface area contributed by atoms with E-state index < -0.39 is 0 Å². The SMILES string of the molecule is CCCCON[C@@H]1CC[C@@H](C(=O)[B]OC)N(P)C1. The van der Waals surface area contributed by atoms with Gasteiger partial charge >= 0.3 is 7.48 Å². The fourth-order valence-electron chi connectivity index (χ4n) is 1.99. The lowest BCUT2D eigenvalue weighted by molar-refractivity contribution is -0.117. The molecule has 3 atom stereocenters. The Hall–Kier alpha value is 0.00494. The van der Waals surface area contributed by atoms with E-state index in [1.807, 2.05) is 4.67 Å². The molecule has 0 spiro atoms. The summed E-state index contributed by atoms with van der Waals surface area (Å²) < 4.78 is 6.75. The Morgan fingerprint density at radius 1 is 1.56 bits per heavy atom. The summed E-state index contributed by atoms with van der Waals surface area (Å²) in [5.74, 6) is 0. The van der Waals surface area contributed by atoms with Gasteiger partial charge < -0.3 is 14.3 Å². The summed E-state index contributed by atoms with van der Waals surface area (Å²) in [5.41, 5.74) is 3.10. The fourth-order valence-corrected chi connectivity index (χ4v) is 2.54. The van der Waals surface area contributed by atoms with Crippen LogP contribution in [0, 0.1) is 0 Å². The Morgan fingerprint density at radius 3 is 2.94 bits per heavy atom. The third kappa shape index (κ3) is 5.33. The van der Waals surface area contributed by atoms with Crippen LogP contribution >= 0.6 is 9.39 Å². The number of carbonyl (C=O) groups excluding carboxylic acids is 1. The van der Waals surface area contributed by atoms with Gasteiger partial charge in [-0.2, -0.15) is 5.48 Å². The van der Waals surface area contributed by atoms with Crippen molar-refractivity contribution in [1.29, 1.82) is 0 Å². The van der Waals surface area contributed by atoms with E-state index in [-0.39, 0.29) is 17.8 Å². The van der Waals surface area contributed by atoms with Crippen molar-refractivity contribution in [2.75, 3.05) is 20.3 Å². The van der Waals surface area contributed by atoms with E-state index >= 15 is 0 Å². The Kier molecular flexibility index (Phi) is 8.03. The van der Waals surface area contributed by atoms with Crippen LogP contribution in [0.25, 0.3) is 0 Å². The molecule has 1 rings (SSSR count). The standard InChI is InChI=1S/C11H23BN2O3P/c1-3-4-7-17-13-9-5-6-10(14(18)8-9)11(15)12-16-2/h9-10,13H,3-8,18H2,1-2H3/t9-,10+/m1/s1. The number of nitrogens with one attached hydrogen (secondary N) is 1. The molecule has 1 aliphatic rings. The number of hydrogen-bond donors (Lipinski definition) is 1. The summed E-state index contributed by atoms with van der Waals surface area (Å²) in [6.45, 7) is 3.66. The average molecular weight is 273 g/mol. The highest BCUT2D eigenvalue weighted by Gasteiger charge is 2.31. The number of piperidine rings is 1. The number of hydroxylamine groups is 1. The Balaban J connectivity index is 2.25. The molecule has 0 aromatic heterocycles. The molecule has 0 bridgehead atoms. The van der Waals surface area contributed by atoms with E-state index in [1.165, 1.54) is 14.6 Å². The molecule has 103 valence electrons. The zero-order chi connectivity index (χ0) is 13.4. The van der Waals surface area contributed by atoms with E-state index in [0.29, 0.717) is 0 Å². The van der Waals surface area contributed by atoms with Crippen molar-refractivity contribution >= 4 is 22.6 Å². The molecule has 0 aromatic carbocycles. The van der Waals surface area contributed by atoms with Crippen molar-refractivity contribution in [2.45, 2.75) is 44.7 Å². The van der Waals surface area contributed by atoms with Gasteiger partial charge in [0, 0.05) is 19.7 Å². The van der Waals surface area contributed by atoms with Gasteiger partial charge in [0.25, 0.3) is 0 Å². The van der Waals surface area contributed by atoms with Crippen LogP contribution in [-0.2, 0) is 14.3 Å². The van der Waals surface area contributed by atoms with Gasteiger partial charge in [0.2, 0.25) is 0 Å². The van der Waals surface area contributed by atoms with Gasteiger partial charge in [-0.15, -0.1) is 0 Å². The van der Waals surface area contributed by atoms with Crippen molar-refractivity contribution in [3.8, 4) is 0 Å². The molecule has 1 radical (unpaired) electrons. The van der Waals surface area contributed by atoms with Crippen molar-refractivity contribution in [3.05, 3.63) is 0 Å². The predicted molar refractivity (Wildman–Crippen MR) is 75.0 cm³/mol. The molecule has 0 saturated carbocycles. The Bertz CT molecular complexity index is 258. The van der Waals surface area contributed by atoms with Crippen LogP contribution in [0.2, 0.25) is 0 Å². The molecule has 0 aromatic rings. The molecule has 1 aliphatic heterocycles. The molecule has 18 heavy (non-hydrogen) atoms. The van der Waals surface area contributed by atoms with Gasteiger partial charge in [-0.1, -0.05) is 22.7 Å². The summed E-state index contributed by atoms with van der Waals surface area (Å²) >= 11 is 0. The topological polar surface area (TPSA) is 50.8 Å². The maximum Gasteiger partial charge on any atom is 0.378 e. The number of hydrogen-bond acceptors (Lipinski definition) is 5. The van der Waals surface area contributed by atoms with Crippen LogP contribution in [0.4, 0.5) is 0 Å². The van der Waals surface area contributed by atoms with Gasteiger partial charge in [0.1, 0.15) is 5.68 Å². The summed E-state index contributed by atoms with van der Waals surface area (Å²) in [6, 6.07) is 0.189. The lowest BCUT2D eigenvalue weighted by Gasteiger charge is -2.35. The van der Waals surface area contributed by atoms with Crippen LogP contribution < -0.4 is 5.48 Å². The van der Waals surface area contributed by atoms with Crippen LogP contribution in [-0.4, -0.2) is 50.2 Å². The number of rotatable bonds is 8. The molecule has 1 heterocycles. The van der Waals surface area contributed by atoms with E-state index in [1.54, 1.807) is 0 Å². The minimum Gasteiger partial charge on any atom is -0.434 e. The molecular formula is C11H23BN2O3P. The van der Waals surface area contributed by atoms with E-state index in [2.05, 4.69) is 21.8 Å². The highest BCUT2D eigenvalue weighted by molar-refractivity contribution is 7.13. The summed E-state index contributed by atoms with van der Waals surface area (Å²) in [5, 5.41) is 0. The summed E-state index contributed by atoms with van der Waals surface area (Å²) in [7, 11) is 5.40. The van der Waals surface area contributed by atoms with E-state index in [9.17, 15) is 4.79 Å². The minimum absolute atomic E-state index is 0.0258. The molecule has 5 nitrogen and oxygen atoms in total. The highest BCUT2D eigenvalue weighted by Crippen LogP contribution is 2.21. The zero-order valence-electron chi connectivity index (χ0n) is 11.2. The average Bonchev–Trinajstić information content (AvgIpc) is 2.35. The lowest BCUT2D eigenvalue weighted by Crippen LogP contribution is -2.50.